The zero-order chi connectivity index (χ0) is 14.8. The summed E-state index contributed by atoms with van der Waals surface area (Å²) in [6, 6.07) is -0.428. The van der Waals surface area contributed by atoms with E-state index in [2.05, 4.69) is 10.6 Å². The molecule has 0 radical (unpaired) electrons. The van der Waals surface area contributed by atoms with Crippen LogP contribution >= 0.6 is 0 Å². The van der Waals surface area contributed by atoms with Crippen molar-refractivity contribution in [2.24, 2.45) is 5.92 Å². The van der Waals surface area contributed by atoms with Gasteiger partial charge in [-0.2, -0.15) is 0 Å². The van der Waals surface area contributed by atoms with E-state index in [-0.39, 0.29) is 11.8 Å². The van der Waals surface area contributed by atoms with Gasteiger partial charge < -0.3 is 20.3 Å². The lowest BCUT2D eigenvalue weighted by atomic mass is 10.1. The van der Waals surface area contributed by atoms with E-state index in [4.69, 9.17) is 4.74 Å². The highest BCUT2D eigenvalue weighted by Gasteiger charge is 2.40. The first kappa shape index (κ1) is 15.1. The summed E-state index contributed by atoms with van der Waals surface area (Å²) >= 11 is 0. The van der Waals surface area contributed by atoms with Gasteiger partial charge in [-0.3, -0.25) is 4.79 Å². The van der Waals surface area contributed by atoms with E-state index in [1.54, 1.807) is 0 Å². The van der Waals surface area contributed by atoms with Crippen LogP contribution in [0.3, 0.4) is 0 Å². The van der Waals surface area contributed by atoms with Crippen LogP contribution in [0.25, 0.3) is 0 Å². The second-order valence-electron chi connectivity index (χ2n) is 6.54. The number of rotatable bonds is 3. The van der Waals surface area contributed by atoms with Crippen LogP contribution < -0.4 is 10.6 Å². The molecule has 2 aliphatic rings. The van der Waals surface area contributed by atoms with Gasteiger partial charge >= 0.3 is 6.09 Å². The Morgan fingerprint density at radius 2 is 1.85 bits per heavy atom. The minimum atomic E-state index is -0.545. The molecule has 0 bridgehead atoms. The maximum Gasteiger partial charge on any atom is 0.408 e. The Labute approximate surface area is 120 Å². The topological polar surface area (TPSA) is 70.7 Å². The summed E-state index contributed by atoms with van der Waals surface area (Å²) in [5.41, 5.74) is -0.545. The summed E-state index contributed by atoms with van der Waals surface area (Å²) in [6.07, 6.45) is 1.49. The molecular weight excluding hydrogens is 258 g/mol. The largest absolute Gasteiger partial charge is 0.444 e. The Kier molecular flexibility index (Phi) is 4.52. The summed E-state index contributed by atoms with van der Waals surface area (Å²) in [7, 11) is 0. The van der Waals surface area contributed by atoms with Crippen molar-refractivity contribution in [3.63, 3.8) is 0 Å². The van der Waals surface area contributed by atoms with E-state index in [0.717, 1.165) is 25.9 Å². The van der Waals surface area contributed by atoms with Gasteiger partial charge in [0.2, 0.25) is 5.91 Å². The van der Waals surface area contributed by atoms with Crippen molar-refractivity contribution in [3.8, 4) is 0 Å². The first-order chi connectivity index (χ1) is 9.37. The minimum absolute atomic E-state index is 0.0276. The summed E-state index contributed by atoms with van der Waals surface area (Å²) in [6.45, 7) is 8.49. The number of amides is 2. The predicted octanol–water partition coefficient (Wildman–Crippen LogP) is 0.722. The number of carbonyl (C=O) groups excluding carboxylic acids is 2. The number of hydrogen-bond donors (Lipinski definition) is 2. The van der Waals surface area contributed by atoms with Gasteiger partial charge in [0, 0.05) is 26.2 Å². The molecular formula is C14H25N3O3. The third-order valence-corrected chi connectivity index (χ3v) is 3.46. The van der Waals surface area contributed by atoms with Crippen LogP contribution in [0.1, 0.15) is 33.6 Å². The normalized spacial score (nSPS) is 21.2. The van der Waals surface area contributed by atoms with Crippen molar-refractivity contribution in [3.05, 3.63) is 0 Å². The van der Waals surface area contributed by atoms with Gasteiger partial charge in [-0.15, -0.1) is 0 Å². The van der Waals surface area contributed by atoms with Crippen LogP contribution in [-0.2, 0) is 9.53 Å². The molecule has 1 saturated heterocycles. The monoisotopic (exact) mass is 283 g/mol. The standard InChI is InChI=1S/C14H25N3O3/c1-14(2,3)20-13(19)16-11(10-4-5-10)12(18)17-8-6-15-7-9-17/h10-11,15H,4-9H2,1-3H3,(H,16,19). The predicted molar refractivity (Wildman–Crippen MR) is 75.3 cm³/mol. The van der Waals surface area contributed by atoms with E-state index in [1.165, 1.54) is 0 Å². The molecule has 0 aromatic rings. The van der Waals surface area contributed by atoms with E-state index in [9.17, 15) is 9.59 Å². The third kappa shape index (κ3) is 4.37. The Morgan fingerprint density at radius 3 is 2.35 bits per heavy atom. The molecule has 1 aliphatic carbocycles. The second-order valence-corrected chi connectivity index (χ2v) is 6.54. The molecule has 1 heterocycles. The highest BCUT2D eigenvalue weighted by Crippen LogP contribution is 2.33. The summed E-state index contributed by atoms with van der Waals surface area (Å²) < 4.78 is 5.25. The van der Waals surface area contributed by atoms with E-state index < -0.39 is 17.7 Å². The van der Waals surface area contributed by atoms with Gasteiger partial charge in [0.15, 0.2) is 0 Å². The second kappa shape index (κ2) is 5.99. The molecule has 1 atom stereocenters. The van der Waals surface area contributed by atoms with Gasteiger partial charge in [0.05, 0.1) is 0 Å². The Hall–Kier alpha value is -1.30. The summed E-state index contributed by atoms with van der Waals surface area (Å²) in [5, 5.41) is 5.98. The lowest BCUT2D eigenvalue weighted by Gasteiger charge is -2.31. The average Bonchev–Trinajstić information content (AvgIpc) is 3.18. The molecule has 0 spiro atoms. The summed E-state index contributed by atoms with van der Waals surface area (Å²) in [5.74, 6) is 0.296. The van der Waals surface area contributed by atoms with Gasteiger partial charge in [-0.1, -0.05) is 0 Å². The highest BCUT2D eigenvalue weighted by atomic mass is 16.6. The highest BCUT2D eigenvalue weighted by molar-refractivity contribution is 5.86. The quantitative estimate of drug-likeness (QED) is 0.801. The van der Waals surface area contributed by atoms with Crippen LogP contribution in [0.2, 0.25) is 0 Å². The molecule has 0 aromatic carbocycles. The van der Waals surface area contributed by atoms with Crippen molar-refractivity contribution in [2.45, 2.75) is 45.3 Å². The van der Waals surface area contributed by atoms with Crippen LogP contribution in [0.15, 0.2) is 0 Å². The van der Waals surface area contributed by atoms with Crippen LogP contribution in [0.5, 0.6) is 0 Å². The Balaban J connectivity index is 1.93. The fourth-order valence-corrected chi connectivity index (χ4v) is 2.33. The van der Waals surface area contributed by atoms with Crippen molar-refractivity contribution in [1.29, 1.82) is 0 Å². The Bertz CT molecular complexity index is 368. The first-order valence-electron chi connectivity index (χ1n) is 7.36. The zero-order valence-electron chi connectivity index (χ0n) is 12.6. The SMILES string of the molecule is CC(C)(C)OC(=O)NC(C(=O)N1CCNCC1)C1CC1. The van der Waals surface area contributed by atoms with Gasteiger partial charge in [-0.25, -0.2) is 4.79 Å². The molecule has 1 unspecified atom stereocenters. The molecule has 0 aromatic heterocycles. The fraction of sp³-hybridized carbons (Fsp3) is 0.857. The molecule has 2 N–H and O–H groups in total. The zero-order valence-corrected chi connectivity index (χ0v) is 12.6. The number of carbonyl (C=O) groups is 2. The number of nitrogens with one attached hydrogen (secondary N) is 2. The molecule has 2 fully saturated rings. The van der Waals surface area contributed by atoms with E-state index >= 15 is 0 Å². The molecule has 114 valence electrons. The number of nitrogens with zero attached hydrogens (tertiary/aromatic N) is 1. The van der Waals surface area contributed by atoms with Gasteiger partial charge in [-0.05, 0) is 39.5 Å². The first-order valence-corrected chi connectivity index (χ1v) is 7.36. The Morgan fingerprint density at radius 1 is 1.25 bits per heavy atom. The maximum absolute atomic E-state index is 12.5. The third-order valence-electron chi connectivity index (χ3n) is 3.46. The molecule has 2 rings (SSSR count). The summed E-state index contributed by atoms with van der Waals surface area (Å²) in [4.78, 5) is 26.2. The van der Waals surface area contributed by atoms with Crippen LogP contribution in [-0.4, -0.2) is 54.7 Å². The van der Waals surface area contributed by atoms with Crippen molar-refractivity contribution < 1.29 is 14.3 Å². The van der Waals surface area contributed by atoms with Crippen molar-refractivity contribution in [1.82, 2.24) is 15.5 Å². The van der Waals surface area contributed by atoms with E-state index in [0.29, 0.717) is 13.1 Å². The minimum Gasteiger partial charge on any atom is -0.444 e. The molecule has 20 heavy (non-hydrogen) atoms. The van der Waals surface area contributed by atoms with Crippen LogP contribution in [0, 0.1) is 5.92 Å². The number of ether oxygens (including phenoxy) is 1. The van der Waals surface area contributed by atoms with E-state index in [1.807, 2.05) is 25.7 Å². The molecule has 1 saturated carbocycles. The van der Waals surface area contributed by atoms with Gasteiger partial charge in [0.1, 0.15) is 11.6 Å². The smallest absolute Gasteiger partial charge is 0.408 e. The van der Waals surface area contributed by atoms with Crippen LogP contribution in [0.4, 0.5) is 4.79 Å². The maximum atomic E-state index is 12.5. The molecule has 6 nitrogen and oxygen atoms in total. The number of hydrogen-bond acceptors (Lipinski definition) is 4. The number of piperazine rings is 1. The van der Waals surface area contributed by atoms with Gasteiger partial charge in [0.25, 0.3) is 0 Å². The lowest BCUT2D eigenvalue weighted by molar-refractivity contribution is -0.134. The fourth-order valence-electron chi connectivity index (χ4n) is 2.33. The molecule has 1 aliphatic heterocycles. The molecule has 6 heteroatoms. The lowest BCUT2D eigenvalue weighted by Crippen LogP contribution is -2.55. The van der Waals surface area contributed by atoms with Crippen molar-refractivity contribution >= 4 is 12.0 Å². The average molecular weight is 283 g/mol. The molecule has 2 amide bonds. The van der Waals surface area contributed by atoms with Crippen molar-refractivity contribution in [2.75, 3.05) is 26.2 Å². The number of alkyl carbamates (subject to hydrolysis) is 1.